The second kappa shape index (κ2) is 12.0. The Bertz CT molecular complexity index is 1130. The molecule has 0 spiro atoms. The molecule has 0 radical (unpaired) electrons. The number of carbonyl (C=O) groups excluding carboxylic acids is 2. The van der Waals surface area contributed by atoms with Gasteiger partial charge in [0.1, 0.15) is 23.9 Å². The minimum absolute atomic E-state index is 0.0470. The van der Waals surface area contributed by atoms with Crippen molar-refractivity contribution >= 4 is 17.5 Å². The van der Waals surface area contributed by atoms with Crippen molar-refractivity contribution in [1.29, 1.82) is 0 Å². The number of hydrogen-bond acceptors (Lipinski definition) is 4. The van der Waals surface area contributed by atoms with E-state index in [1.54, 1.807) is 12.1 Å². The quantitative estimate of drug-likeness (QED) is 0.469. The minimum Gasteiger partial charge on any atom is -0.493 e. The zero-order valence-electron chi connectivity index (χ0n) is 19.5. The molecule has 0 aromatic heterocycles. The molecule has 6 nitrogen and oxygen atoms in total. The maximum absolute atomic E-state index is 13.3. The number of likely N-dealkylation sites (tertiary alicyclic amines) is 1. The van der Waals surface area contributed by atoms with Crippen LogP contribution in [0.5, 0.6) is 11.5 Å². The van der Waals surface area contributed by atoms with Gasteiger partial charge in [0.15, 0.2) is 0 Å². The Hall–Kier alpha value is -3.87. The molecule has 35 heavy (non-hydrogen) atoms. The van der Waals surface area contributed by atoms with Crippen molar-refractivity contribution in [1.82, 2.24) is 4.90 Å². The van der Waals surface area contributed by atoms with Crippen LogP contribution in [0.25, 0.3) is 0 Å². The van der Waals surface area contributed by atoms with Crippen LogP contribution in [0.3, 0.4) is 0 Å². The van der Waals surface area contributed by atoms with Gasteiger partial charge in [-0.25, -0.2) is 4.39 Å². The lowest BCUT2D eigenvalue weighted by molar-refractivity contribution is -0.135. The number of halogens is 1. The van der Waals surface area contributed by atoms with Gasteiger partial charge in [-0.1, -0.05) is 36.4 Å². The number of rotatable bonds is 9. The average Bonchev–Trinajstić information content (AvgIpc) is 2.88. The van der Waals surface area contributed by atoms with Gasteiger partial charge in [0.25, 0.3) is 0 Å². The largest absolute Gasteiger partial charge is 0.493 e. The summed E-state index contributed by atoms with van der Waals surface area (Å²) in [5, 5.41) is 2.98. The van der Waals surface area contributed by atoms with Crippen LogP contribution in [0, 0.1) is 11.7 Å². The van der Waals surface area contributed by atoms with Gasteiger partial charge >= 0.3 is 0 Å². The van der Waals surface area contributed by atoms with Crippen LogP contribution in [0.15, 0.2) is 78.9 Å². The Morgan fingerprint density at radius 1 is 0.886 bits per heavy atom. The molecule has 182 valence electrons. The molecule has 3 aromatic rings. The number of benzene rings is 3. The molecule has 0 saturated carbocycles. The van der Waals surface area contributed by atoms with Crippen LogP contribution in [-0.2, 0) is 16.2 Å². The summed E-state index contributed by atoms with van der Waals surface area (Å²) >= 11 is 0. The number of anilines is 1. The van der Waals surface area contributed by atoms with Gasteiger partial charge in [-0.2, -0.15) is 0 Å². The van der Waals surface area contributed by atoms with Gasteiger partial charge in [-0.05, 0) is 54.8 Å². The highest BCUT2D eigenvalue weighted by molar-refractivity contribution is 5.92. The monoisotopic (exact) mass is 476 g/mol. The molecule has 1 aliphatic rings. The first-order chi connectivity index (χ1) is 17.1. The van der Waals surface area contributed by atoms with Crippen molar-refractivity contribution < 1.29 is 23.5 Å². The lowest BCUT2D eigenvalue weighted by Gasteiger charge is -2.31. The number of para-hydroxylation sites is 1. The molecule has 4 rings (SSSR count). The SMILES string of the molecule is O=C(Nc1cccc(COc2cccc(F)c2)c1)C1CCN(C(=O)CCOc2ccccc2)CC1. The first-order valence-electron chi connectivity index (χ1n) is 11.8. The third-order valence-electron chi connectivity index (χ3n) is 5.94. The van der Waals surface area contributed by atoms with E-state index in [2.05, 4.69) is 5.32 Å². The van der Waals surface area contributed by atoms with E-state index in [9.17, 15) is 14.0 Å². The van der Waals surface area contributed by atoms with Crippen molar-refractivity contribution in [2.45, 2.75) is 25.9 Å². The minimum atomic E-state index is -0.350. The predicted molar refractivity (Wildman–Crippen MR) is 132 cm³/mol. The lowest BCUT2D eigenvalue weighted by atomic mass is 9.95. The van der Waals surface area contributed by atoms with E-state index >= 15 is 0 Å². The molecule has 0 atom stereocenters. The predicted octanol–water partition coefficient (Wildman–Crippen LogP) is 5.05. The highest BCUT2D eigenvalue weighted by Gasteiger charge is 2.27. The van der Waals surface area contributed by atoms with E-state index in [-0.39, 0.29) is 30.2 Å². The first kappa shape index (κ1) is 24.3. The van der Waals surface area contributed by atoms with Crippen molar-refractivity contribution in [2.24, 2.45) is 5.92 Å². The Balaban J connectivity index is 1.20. The molecule has 0 bridgehead atoms. The zero-order valence-corrected chi connectivity index (χ0v) is 19.5. The molecule has 1 fully saturated rings. The average molecular weight is 477 g/mol. The van der Waals surface area contributed by atoms with Gasteiger partial charge < -0.3 is 19.7 Å². The second-order valence-corrected chi connectivity index (χ2v) is 8.50. The topological polar surface area (TPSA) is 67.9 Å². The standard InChI is InChI=1S/C28H29FN2O4/c29-23-7-5-11-26(19-23)35-20-21-6-4-8-24(18-21)30-28(33)22-12-15-31(16-13-22)27(32)14-17-34-25-9-2-1-3-10-25/h1-11,18-19,22H,12-17,20H2,(H,30,33). The normalized spacial score (nSPS) is 13.8. The molecule has 1 saturated heterocycles. The number of hydrogen-bond donors (Lipinski definition) is 1. The van der Waals surface area contributed by atoms with Gasteiger partial charge in [-0.15, -0.1) is 0 Å². The third-order valence-corrected chi connectivity index (χ3v) is 5.94. The van der Waals surface area contributed by atoms with Crippen LogP contribution in [-0.4, -0.2) is 36.4 Å². The van der Waals surface area contributed by atoms with Crippen LogP contribution in [0.2, 0.25) is 0 Å². The Labute approximate surface area is 204 Å². The van der Waals surface area contributed by atoms with Gasteiger partial charge in [0.2, 0.25) is 11.8 Å². The van der Waals surface area contributed by atoms with E-state index in [4.69, 9.17) is 9.47 Å². The molecule has 1 N–H and O–H groups in total. The molecule has 1 aliphatic heterocycles. The van der Waals surface area contributed by atoms with E-state index in [0.29, 0.717) is 50.4 Å². The van der Waals surface area contributed by atoms with E-state index in [0.717, 1.165) is 11.3 Å². The lowest BCUT2D eigenvalue weighted by Crippen LogP contribution is -2.41. The molecule has 7 heteroatoms. The maximum Gasteiger partial charge on any atom is 0.227 e. The van der Waals surface area contributed by atoms with Crippen LogP contribution in [0.1, 0.15) is 24.8 Å². The summed E-state index contributed by atoms with van der Waals surface area (Å²) in [5.41, 5.74) is 1.55. The van der Waals surface area contributed by atoms with Crippen LogP contribution in [0.4, 0.5) is 10.1 Å². The van der Waals surface area contributed by atoms with Gasteiger partial charge in [-0.3, -0.25) is 9.59 Å². The van der Waals surface area contributed by atoms with E-state index in [1.807, 2.05) is 59.5 Å². The second-order valence-electron chi connectivity index (χ2n) is 8.50. The van der Waals surface area contributed by atoms with E-state index in [1.165, 1.54) is 12.1 Å². The molecule has 3 aromatic carbocycles. The number of amides is 2. The Morgan fingerprint density at radius 3 is 2.40 bits per heavy atom. The van der Waals surface area contributed by atoms with Gasteiger partial charge in [0, 0.05) is 30.8 Å². The molecular weight excluding hydrogens is 447 g/mol. The fourth-order valence-corrected chi connectivity index (χ4v) is 4.03. The maximum atomic E-state index is 13.3. The van der Waals surface area contributed by atoms with Crippen molar-refractivity contribution in [3.05, 3.63) is 90.2 Å². The molecule has 0 unspecified atom stereocenters. The van der Waals surface area contributed by atoms with Crippen molar-refractivity contribution in [3.63, 3.8) is 0 Å². The zero-order chi connectivity index (χ0) is 24.5. The van der Waals surface area contributed by atoms with Crippen LogP contribution >= 0.6 is 0 Å². The summed E-state index contributed by atoms with van der Waals surface area (Å²) in [6, 6.07) is 22.8. The van der Waals surface area contributed by atoms with Crippen LogP contribution < -0.4 is 14.8 Å². The Kier molecular flexibility index (Phi) is 8.33. The number of nitrogens with one attached hydrogen (secondary N) is 1. The summed E-state index contributed by atoms with van der Waals surface area (Å²) in [6.07, 6.45) is 1.56. The van der Waals surface area contributed by atoms with Crippen molar-refractivity contribution in [3.8, 4) is 11.5 Å². The molecule has 1 heterocycles. The first-order valence-corrected chi connectivity index (χ1v) is 11.8. The summed E-state index contributed by atoms with van der Waals surface area (Å²) in [7, 11) is 0. The number of ether oxygens (including phenoxy) is 2. The third kappa shape index (κ3) is 7.30. The summed E-state index contributed by atoms with van der Waals surface area (Å²) in [6.45, 7) is 1.72. The smallest absolute Gasteiger partial charge is 0.227 e. The highest BCUT2D eigenvalue weighted by atomic mass is 19.1. The molecule has 2 amide bonds. The van der Waals surface area contributed by atoms with Gasteiger partial charge in [0.05, 0.1) is 13.0 Å². The number of carbonyl (C=O) groups is 2. The summed E-state index contributed by atoms with van der Waals surface area (Å²) in [5.74, 6) is 0.703. The van der Waals surface area contributed by atoms with E-state index < -0.39 is 0 Å². The summed E-state index contributed by atoms with van der Waals surface area (Å²) < 4.78 is 24.6. The fourth-order valence-electron chi connectivity index (χ4n) is 4.03. The molecular formula is C28H29FN2O4. The number of nitrogens with zero attached hydrogens (tertiary/aromatic N) is 1. The number of piperidine rings is 1. The molecule has 0 aliphatic carbocycles. The highest BCUT2D eigenvalue weighted by Crippen LogP contribution is 2.21. The van der Waals surface area contributed by atoms with Crippen molar-refractivity contribution in [2.75, 3.05) is 25.0 Å². The summed E-state index contributed by atoms with van der Waals surface area (Å²) in [4.78, 5) is 27.1. The fraction of sp³-hybridized carbons (Fsp3) is 0.286. The Morgan fingerprint density at radius 2 is 1.63 bits per heavy atom.